The van der Waals surface area contributed by atoms with E-state index in [-0.39, 0.29) is 23.6 Å². The van der Waals surface area contributed by atoms with Gasteiger partial charge in [0, 0.05) is 12.6 Å². The maximum Gasteiger partial charge on any atom is 0.255 e. The van der Waals surface area contributed by atoms with Crippen LogP contribution in [0.15, 0.2) is 18.2 Å². The van der Waals surface area contributed by atoms with E-state index in [2.05, 4.69) is 5.32 Å². The highest BCUT2D eigenvalue weighted by molar-refractivity contribution is 5.97. The minimum absolute atomic E-state index is 0.0946. The summed E-state index contributed by atoms with van der Waals surface area (Å²) in [5, 5.41) is 31.6. The van der Waals surface area contributed by atoms with Gasteiger partial charge in [0.1, 0.15) is 11.5 Å². The minimum Gasteiger partial charge on any atom is -0.508 e. The highest BCUT2D eigenvalue weighted by atomic mass is 16.3. The van der Waals surface area contributed by atoms with Gasteiger partial charge in [0.2, 0.25) is 0 Å². The number of phenolic OH excluding ortho intramolecular Hbond substituents is 2. The van der Waals surface area contributed by atoms with E-state index in [0.29, 0.717) is 12.8 Å². The van der Waals surface area contributed by atoms with E-state index < -0.39 is 11.5 Å². The first-order valence-corrected chi connectivity index (χ1v) is 6.53. The third-order valence-corrected chi connectivity index (χ3v) is 3.59. The molecule has 1 aliphatic rings. The van der Waals surface area contributed by atoms with Gasteiger partial charge < -0.3 is 20.6 Å². The molecule has 0 bridgehead atoms. The number of hydrogen-bond donors (Lipinski definition) is 4. The molecule has 0 aromatic heterocycles. The lowest BCUT2D eigenvalue weighted by molar-refractivity contribution is 0.00522. The van der Waals surface area contributed by atoms with Crippen LogP contribution in [0.3, 0.4) is 0 Å². The van der Waals surface area contributed by atoms with Crippen LogP contribution in [-0.4, -0.2) is 33.4 Å². The fraction of sp³-hybridized carbons (Fsp3) is 0.500. The third kappa shape index (κ3) is 3.38. The number of aliphatic hydroxyl groups is 1. The van der Waals surface area contributed by atoms with Crippen molar-refractivity contribution in [2.75, 3.05) is 6.54 Å². The van der Waals surface area contributed by atoms with Gasteiger partial charge in [-0.1, -0.05) is 19.3 Å². The van der Waals surface area contributed by atoms with Gasteiger partial charge in [0.25, 0.3) is 5.91 Å². The quantitative estimate of drug-likeness (QED) is 0.667. The summed E-state index contributed by atoms with van der Waals surface area (Å²) in [7, 11) is 0. The zero-order valence-corrected chi connectivity index (χ0v) is 10.7. The summed E-state index contributed by atoms with van der Waals surface area (Å²) in [4.78, 5) is 11.9. The highest BCUT2D eigenvalue weighted by Gasteiger charge is 2.29. The molecule has 0 aliphatic heterocycles. The maximum atomic E-state index is 11.9. The standard InChI is InChI=1S/C14H19NO4/c16-10-4-5-11(12(17)8-10)13(18)15-9-14(19)6-2-1-3-7-14/h4-5,8,16-17,19H,1-3,6-7,9H2,(H,15,18). The molecule has 1 aromatic rings. The molecule has 0 heterocycles. The van der Waals surface area contributed by atoms with Gasteiger partial charge in [-0.15, -0.1) is 0 Å². The number of aromatic hydroxyl groups is 2. The topological polar surface area (TPSA) is 89.8 Å². The van der Waals surface area contributed by atoms with Crippen LogP contribution in [-0.2, 0) is 0 Å². The number of nitrogens with one attached hydrogen (secondary N) is 1. The summed E-state index contributed by atoms with van der Waals surface area (Å²) in [5.41, 5.74) is -0.738. The summed E-state index contributed by atoms with van der Waals surface area (Å²) in [6.45, 7) is 0.187. The lowest BCUT2D eigenvalue weighted by atomic mass is 9.85. The van der Waals surface area contributed by atoms with E-state index in [9.17, 15) is 15.0 Å². The lowest BCUT2D eigenvalue weighted by Gasteiger charge is -2.32. The Labute approximate surface area is 111 Å². The Balaban J connectivity index is 1.97. The second-order valence-corrected chi connectivity index (χ2v) is 5.17. The van der Waals surface area contributed by atoms with Crippen LogP contribution >= 0.6 is 0 Å². The molecular weight excluding hydrogens is 246 g/mol. The van der Waals surface area contributed by atoms with Crippen molar-refractivity contribution in [2.45, 2.75) is 37.7 Å². The van der Waals surface area contributed by atoms with Crippen LogP contribution in [0, 0.1) is 0 Å². The molecule has 104 valence electrons. The zero-order chi connectivity index (χ0) is 13.9. The van der Waals surface area contributed by atoms with E-state index in [1.54, 1.807) is 0 Å². The molecule has 1 saturated carbocycles. The van der Waals surface area contributed by atoms with Crippen LogP contribution in [0.1, 0.15) is 42.5 Å². The first-order chi connectivity index (χ1) is 9.00. The Hall–Kier alpha value is -1.75. The monoisotopic (exact) mass is 265 g/mol. The van der Waals surface area contributed by atoms with Crippen molar-refractivity contribution in [3.05, 3.63) is 23.8 Å². The molecule has 1 aliphatic carbocycles. The van der Waals surface area contributed by atoms with Gasteiger partial charge in [0.05, 0.1) is 11.2 Å². The van der Waals surface area contributed by atoms with E-state index >= 15 is 0 Å². The number of rotatable bonds is 3. The van der Waals surface area contributed by atoms with Crippen LogP contribution in [0.5, 0.6) is 11.5 Å². The first-order valence-electron chi connectivity index (χ1n) is 6.53. The third-order valence-electron chi connectivity index (χ3n) is 3.59. The number of amides is 1. The van der Waals surface area contributed by atoms with Crippen molar-refractivity contribution in [3.8, 4) is 11.5 Å². The molecule has 0 saturated heterocycles. The van der Waals surface area contributed by atoms with E-state index in [4.69, 9.17) is 5.11 Å². The fourth-order valence-electron chi connectivity index (χ4n) is 2.44. The zero-order valence-electron chi connectivity index (χ0n) is 10.7. The van der Waals surface area contributed by atoms with Gasteiger partial charge in [0.15, 0.2) is 0 Å². The molecule has 19 heavy (non-hydrogen) atoms. The summed E-state index contributed by atoms with van der Waals surface area (Å²) >= 11 is 0. The van der Waals surface area contributed by atoms with Crippen molar-refractivity contribution in [2.24, 2.45) is 0 Å². The summed E-state index contributed by atoms with van der Waals surface area (Å²) in [6, 6.07) is 3.80. The predicted octanol–water partition coefficient (Wildman–Crippen LogP) is 1.52. The van der Waals surface area contributed by atoms with Crippen molar-refractivity contribution in [3.63, 3.8) is 0 Å². The Morgan fingerprint density at radius 2 is 1.89 bits per heavy atom. The smallest absolute Gasteiger partial charge is 0.255 e. The normalized spacial score (nSPS) is 17.9. The first kappa shape index (κ1) is 13.7. The summed E-state index contributed by atoms with van der Waals surface area (Å²) in [6.07, 6.45) is 4.44. The molecule has 0 spiro atoms. The second-order valence-electron chi connectivity index (χ2n) is 5.17. The molecule has 0 radical (unpaired) electrons. The van der Waals surface area contributed by atoms with E-state index in [1.807, 2.05) is 0 Å². The van der Waals surface area contributed by atoms with Gasteiger partial charge in [-0.25, -0.2) is 0 Å². The Morgan fingerprint density at radius 3 is 2.53 bits per heavy atom. The summed E-state index contributed by atoms with van der Waals surface area (Å²) in [5.74, 6) is -0.815. The largest absolute Gasteiger partial charge is 0.508 e. The van der Waals surface area contributed by atoms with Crippen molar-refractivity contribution in [1.82, 2.24) is 5.32 Å². The molecule has 4 N–H and O–H groups in total. The van der Waals surface area contributed by atoms with Crippen LogP contribution in [0.2, 0.25) is 0 Å². The van der Waals surface area contributed by atoms with E-state index in [0.717, 1.165) is 25.3 Å². The van der Waals surface area contributed by atoms with Gasteiger partial charge in [-0.05, 0) is 25.0 Å². The van der Waals surface area contributed by atoms with Crippen LogP contribution in [0.25, 0.3) is 0 Å². The average molecular weight is 265 g/mol. The van der Waals surface area contributed by atoms with E-state index in [1.165, 1.54) is 12.1 Å². The fourth-order valence-corrected chi connectivity index (χ4v) is 2.44. The molecule has 5 heteroatoms. The van der Waals surface area contributed by atoms with Crippen molar-refractivity contribution < 1.29 is 20.1 Å². The molecule has 5 nitrogen and oxygen atoms in total. The van der Waals surface area contributed by atoms with Gasteiger partial charge in [-0.2, -0.15) is 0 Å². The number of benzene rings is 1. The second kappa shape index (κ2) is 5.48. The average Bonchev–Trinajstić information content (AvgIpc) is 2.37. The highest BCUT2D eigenvalue weighted by Crippen LogP contribution is 2.28. The predicted molar refractivity (Wildman–Crippen MR) is 70.1 cm³/mol. The van der Waals surface area contributed by atoms with Crippen LogP contribution in [0.4, 0.5) is 0 Å². The number of carbonyl (C=O) groups excluding carboxylic acids is 1. The molecule has 1 aromatic carbocycles. The maximum absolute atomic E-state index is 11.9. The minimum atomic E-state index is -0.833. The number of carbonyl (C=O) groups is 1. The summed E-state index contributed by atoms with van der Waals surface area (Å²) < 4.78 is 0. The van der Waals surface area contributed by atoms with Crippen molar-refractivity contribution in [1.29, 1.82) is 0 Å². The molecule has 0 unspecified atom stereocenters. The molecule has 1 amide bonds. The molecule has 0 atom stereocenters. The van der Waals surface area contributed by atoms with Gasteiger partial charge in [-0.3, -0.25) is 4.79 Å². The Morgan fingerprint density at radius 1 is 1.21 bits per heavy atom. The molecule has 1 fully saturated rings. The molecule has 2 rings (SSSR count). The number of phenols is 2. The van der Waals surface area contributed by atoms with Gasteiger partial charge >= 0.3 is 0 Å². The lowest BCUT2D eigenvalue weighted by Crippen LogP contribution is -2.44. The van der Waals surface area contributed by atoms with Crippen LogP contribution < -0.4 is 5.32 Å². The van der Waals surface area contributed by atoms with Crippen molar-refractivity contribution >= 4 is 5.91 Å². The SMILES string of the molecule is O=C(NCC1(O)CCCCC1)c1ccc(O)cc1O. The molecular formula is C14H19NO4. The number of hydrogen-bond acceptors (Lipinski definition) is 4. The Bertz CT molecular complexity index is 467. The Kier molecular flexibility index (Phi) is 3.95.